The van der Waals surface area contributed by atoms with Gasteiger partial charge >= 0.3 is 5.97 Å². The zero-order valence-electron chi connectivity index (χ0n) is 11.5. The number of benzene rings is 1. The number of ether oxygens (including phenoxy) is 1. The maximum atomic E-state index is 11.8. The number of Topliss-reactive ketones (excluding diaryl/α,β-unsaturated/α-hetero) is 1. The molecule has 20 heavy (non-hydrogen) atoms. The van der Waals surface area contributed by atoms with Gasteiger partial charge in [0.15, 0.2) is 0 Å². The van der Waals surface area contributed by atoms with Gasteiger partial charge in [-0.25, -0.2) is 5.43 Å². The number of amides is 1. The van der Waals surface area contributed by atoms with Gasteiger partial charge in [0.25, 0.3) is 5.91 Å². The smallest absolute Gasteiger partial charge is 0.325 e. The van der Waals surface area contributed by atoms with E-state index in [-0.39, 0.29) is 24.7 Å². The number of rotatable bonds is 7. The zero-order chi connectivity index (χ0) is 15.0. The van der Waals surface area contributed by atoms with Crippen molar-refractivity contribution >= 4 is 17.7 Å². The number of esters is 1. The maximum Gasteiger partial charge on any atom is 0.325 e. The Bertz CT molecular complexity index is 473. The van der Waals surface area contributed by atoms with Crippen LogP contribution in [0.15, 0.2) is 30.3 Å². The van der Waals surface area contributed by atoms with Gasteiger partial charge in [0.1, 0.15) is 11.8 Å². The van der Waals surface area contributed by atoms with E-state index in [2.05, 4.69) is 10.9 Å². The summed E-state index contributed by atoms with van der Waals surface area (Å²) in [6.45, 7) is 3.25. The molecule has 6 nitrogen and oxygen atoms in total. The zero-order valence-corrected chi connectivity index (χ0v) is 11.5. The lowest BCUT2D eigenvalue weighted by Gasteiger charge is -2.16. The lowest BCUT2D eigenvalue weighted by molar-refractivity contribution is -0.147. The summed E-state index contributed by atoms with van der Waals surface area (Å²) in [5.41, 5.74) is 5.39. The summed E-state index contributed by atoms with van der Waals surface area (Å²) in [4.78, 5) is 34.6. The second-order valence-corrected chi connectivity index (χ2v) is 4.18. The number of carbonyl (C=O) groups is 3. The van der Waals surface area contributed by atoms with Crippen molar-refractivity contribution in [2.24, 2.45) is 0 Å². The monoisotopic (exact) mass is 278 g/mol. The first-order chi connectivity index (χ1) is 9.54. The SMILES string of the molecule is CCOC(=O)[C@@H](CC(C)=O)NNC(=O)c1ccccc1. The third-order valence-electron chi connectivity index (χ3n) is 2.46. The maximum absolute atomic E-state index is 11.8. The third-order valence-corrected chi connectivity index (χ3v) is 2.46. The van der Waals surface area contributed by atoms with Gasteiger partial charge in [0, 0.05) is 12.0 Å². The minimum atomic E-state index is -0.889. The van der Waals surface area contributed by atoms with Crippen molar-refractivity contribution in [3.63, 3.8) is 0 Å². The van der Waals surface area contributed by atoms with E-state index in [1.807, 2.05) is 0 Å². The number of nitrogens with one attached hydrogen (secondary N) is 2. The predicted molar refractivity (Wildman–Crippen MR) is 72.8 cm³/mol. The molecule has 1 aromatic rings. The molecule has 2 N–H and O–H groups in total. The van der Waals surface area contributed by atoms with Gasteiger partial charge in [0.2, 0.25) is 0 Å². The fourth-order valence-electron chi connectivity index (χ4n) is 1.54. The number of hydrogen-bond acceptors (Lipinski definition) is 5. The molecule has 6 heteroatoms. The van der Waals surface area contributed by atoms with Crippen LogP contribution in [0.1, 0.15) is 30.6 Å². The molecule has 108 valence electrons. The molecule has 1 aromatic carbocycles. The predicted octanol–water partition coefficient (Wildman–Crippen LogP) is 0.832. The standard InChI is InChI=1S/C14H18N2O4/c1-3-20-14(19)12(9-10(2)17)15-16-13(18)11-7-5-4-6-8-11/h4-8,12,15H,3,9H2,1-2H3,(H,16,18)/t12-/m1/s1. The fourth-order valence-corrected chi connectivity index (χ4v) is 1.54. The van der Waals surface area contributed by atoms with Crippen LogP contribution in [0.3, 0.4) is 0 Å². The first kappa shape index (κ1) is 15.8. The van der Waals surface area contributed by atoms with E-state index in [9.17, 15) is 14.4 Å². The lowest BCUT2D eigenvalue weighted by atomic mass is 10.1. The van der Waals surface area contributed by atoms with Crippen molar-refractivity contribution in [2.45, 2.75) is 26.3 Å². The number of carbonyl (C=O) groups excluding carboxylic acids is 3. The highest BCUT2D eigenvalue weighted by Gasteiger charge is 2.22. The molecule has 0 radical (unpaired) electrons. The molecule has 0 fully saturated rings. The van der Waals surface area contributed by atoms with E-state index < -0.39 is 12.0 Å². The summed E-state index contributed by atoms with van der Waals surface area (Å²) in [5, 5.41) is 0. The van der Waals surface area contributed by atoms with Crippen molar-refractivity contribution in [1.29, 1.82) is 0 Å². The Balaban J connectivity index is 2.59. The summed E-state index contributed by atoms with van der Waals surface area (Å²) < 4.78 is 4.84. The van der Waals surface area contributed by atoms with Crippen molar-refractivity contribution < 1.29 is 19.1 Å². The number of ketones is 1. The van der Waals surface area contributed by atoms with Crippen LogP contribution >= 0.6 is 0 Å². The van der Waals surface area contributed by atoms with E-state index in [0.29, 0.717) is 5.56 Å². The number of hydrogen-bond donors (Lipinski definition) is 2. The van der Waals surface area contributed by atoms with Gasteiger partial charge in [-0.15, -0.1) is 0 Å². The molecule has 0 spiro atoms. The van der Waals surface area contributed by atoms with E-state index in [0.717, 1.165) is 0 Å². The van der Waals surface area contributed by atoms with Crippen molar-refractivity contribution in [2.75, 3.05) is 6.61 Å². The van der Waals surface area contributed by atoms with Gasteiger partial charge in [-0.3, -0.25) is 19.8 Å². The molecule has 0 saturated carbocycles. The highest BCUT2D eigenvalue weighted by atomic mass is 16.5. The summed E-state index contributed by atoms with van der Waals surface area (Å²) in [7, 11) is 0. The van der Waals surface area contributed by atoms with E-state index in [1.165, 1.54) is 6.92 Å². The Kier molecular flexibility index (Phi) is 6.39. The first-order valence-electron chi connectivity index (χ1n) is 6.31. The van der Waals surface area contributed by atoms with Gasteiger partial charge < -0.3 is 4.74 Å². The highest BCUT2D eigenvalue weighted by Crippen LogP contribution is 1.99. The van der Waals surface area contributed by atoms with Crippen LogP contribution in [0.4, 0.5) is 0 Å². The second kappa shape index (κ2) is 8.06. The highest BCUT2D eigenvalue weighted by molar-refractivity contribution is 5.94. The van der Waals surface area contributed by atoms with Crippen LogP contribution in [-0.2, 0) is 14.3 Å². The summed E-state index contributed by atoms with van der Waals surface area (Å²) in [5.74, 6) is -1.14. The number of hydrazine groups is 1. The third kappa shape index (κ3) is 5.19. The van der Waals surface area contributed by atoms with Gasteiger partial charge in [-0.2, -0.15) is 0 Å². The molecule has 0 saturated heterocycles. The Morgan fingerprint density at radius 2 is 1.85 bits per heavy atom. The molecule has 0 unspecified atom stereocenters. The Morgan fingerprint density at radius 1 is 1.20 bits per heavy atom. The first-order valence-corrected chi connectivity index (χ1v) is 6.31. The van der Waals surface area contributed by atoms with Crippen molar-refractivity contribution in [3.05, 3.63) is 35.9 Å². The topological polar surface area (TPSA) is 84.5 Å². The molecule has 0 bridgehead atoms. The van der Waals surface area contributed by atoms with Crippen LogP contribution < -0.4 is 10.9 Å². The molecule has 0 aromatic heterocycles. The molecular formula is C14H18N2O4. The van der Waals surface area contributed by atoms with Gasteiger partial charge in [-0.1, -0.05) is 18.2 Å². The molecule has 0 aliphatic rings. The van der Waals surface area contributed by atoms with Crippen LogP contribution in [0.5, 0.6) is 0 Å². The molecule has 0 aliphatic carbocycles. The molecule has 1 rings (SSSR count). The Morgan fingerprint density at radius 3 is 2.40 bits per heavy atom. The Labute approximate surface area is 117 Å². The van der Waals surface area contributed by atoms with Crippen LogP contribution in [0.2, 0.25) is 0 Å². The Hall–Kier alpha value is -2.21. The average Bonchev–Trinajstić information content (AvgIpc) is 2.43. The minimum Gasteiger partial charge on any atom is -0.465 e. The lowest BCUT2D eigenvalue weighted by Crippen LogP contribution is -2.49. The molecule has 1 amide bonds. The molecular weight excluding hydrogens is 260 g/mol. The van der Waals surface area contributed by atoms with Crippen molar-refractivity contribution in [1.82, 2.24) is 10.9 Å². The van der Waals surface area contributed by atoms with E-state index in [1.54, 1.807) is 37.3 Å². The van der Waals surface area contributed by atoms with Crippen molar-refractivity contribution in [3.8, 4) is 0 Å². The summed E-state index contributed by atoms with van der Waals surface area (Å²) in [6, 6.07) is 7.64. The van der Waals surface area contributed by atoms with Gasteiger partial charge in [-0.05, 0) is 26.0 Å². The minimum absolute atomic E-state index is 0.0477. The summed E-state index contributed by atoms with van der Waals surface area (Å²) in [6.07, 6.45) is -0.0477. The van der Waals surface area contributed by atoms with E-state index in [4.69, 9.17) is 4.74 Å². The van der Waals surface area contributed by atoms with Crippen LogP contribution in [0, 0.1) is 0 Å². The molecule has 0 heterocycles. The fraction of sp³-hybridized carbons (Fsp3) is 0.357. The largest absolute Gasteiger partial charge is 0.465 e. The van der Waals surface area contributed by atoms with Gasteiger partial charge in [0.05, 0.1) is 6.61 Å². The second-order valence-electron chi connectivity index (χ2n) is 4.18. The normalized spacial score (nSPS) is 11.5. The summed E-state index contributed by atoms with van der Waals surface area (Å²) >= 11 is 0. The van der Waals surface area contributed by atoms with Crippen LogP contribution in [-0.4, -0.2) is 30.3 Å². The van der Waals surface area contributed by atoms with Crippen LogP contribution in [0.25, 0.3) is 0 Å². The average molecular weight is 278 g/mol. The van der Waals surface area contributed by atoms with E-state index >= 15 is 0 Å². The quantitative estimate of drug-likeness (QED) is 0.570. The molecule has 0 aliphatic heterocycles. The molecule has 1 atom stereocenters.